The quantitative estimate of drug-likeness (QED) is 0.643. The highest BCUT2D eigenvalue weighted by Crippen LogP contribution is 2.33. The van der Waals surface area contributed by atoms with E-state index < -0.39 is 5.97 Å². The first kappa shape index (κ1) is 18.0. The van der Waals surface area contributed by atoms with E-state index in [1.165, 1.54) is 11.3 Å². The molecule has 5 nitrogen and oxygen atoms in total. The van der Waals surface area contributed by atoms with Gasteiger partial charge in [0.2, 0.25) is 0 Å². The molecule has 0 saturated carbocycles. The lowest BCUT2D eigenvalue weighted by molar-refractivity contribution is -0.118. The standard InChI is InChI=1S/C15H13Br2NO4S/c1-2-21-15(20)9-6-7-23-14(9)18-12(19)8-22-13-10(16)4-3-5-11(13)17/h3-7H,2,8H2,1H3,(H,18,19). The minimum absolute atomic E-state index is 0.179. The molecule has 1 amide bonds. The van der Waals surface area contributed by atoms with Crippen molar-refractivity contribution in [2.24, 2.45) is 0 Å². The molecule has 0 aliphatic rings. The van der Waals surface area contributed by atoms with E-state index >= 15 is 0 Å². The fourth-order valence-corrected chi connectivity index (χ4v) is 3.72. The molecule has 0 aliphatic carbocycles. The molecular weight excluding hydrogens is 450 g/mol. The Morgan fingerprint density at radius 3 is 2.57 bits per heavy atom. The van der Waals surface area contributed by atoms with Crippen molar-refractivity contribution in [2.45, 2.75) is 6.92 Å². The number of benzene rings is 1. The Labute approximate surface area is 154 Å². The van der Waals surface area contributed by atoms with Gasteiger partial charge in [0.15, 0.2) is 6.61 Å². The molecule has 2 rings (SSSR count). The van der Waals surface area contributed by atoms with Gasteiger partial charge in [-0.1, -0.05) is 6.07 Å². The number of nitrogens with one attached hydrogen (secondary N) is 1. The number of esters is 1. The lowest BCUT2D eigenvalue weighted by Crippen LogP contribution is -2.21. The number of thiophene rings is 1. The van der Waals surface area contributed by atoms with Crippen LogP contribution in [0.4, 0.5) is 5.00 Å². The summed E-state index contributed by atoms with van der Waals surface area (Å²) in [6.45, 7) is 1.83. The van der Waals surface area contributed by atoms with E-state index in [-0.39, 0.29) is 19.1 Å². The summed E-state index contributed by atoms with van der Waals surface area (Å²) in [4.78, 5) is 23.8. The van der Waals surface area contributed by atoms with E-state index in [1.807, 2.05) is 18.2 Å². The topological polar surface area (TPSA) is 64.6 Å². The molecule has 8 heteroatoms. The van der Waals surface area contributed by atoms with Gasteiger partial charge in [-0.15, -0.1) is 11.3 Å². The summed E-state index contributed by atoms with van der Waals surface area (Å²) in [5, 5.41) is 4.82. The van der Waals surface area contributed by atoms with Gasteiger partial charge < -0.3 is 14.8 Å². The Balaban J connectivity index is 1.98. The van der Waals surface area contributed by atoms with Crippen molar-refractivity contribution < 1.29 is 19.1 Å². The lowest BCUT2D eigenvalue weighted by atomic mass is 10.3. The van der Waals surface area contributed by atoms with Crippen molar-refractivity contribution in [3.05, 3.63) is 44.2 Å². The molecule has 0 radical (unpaired) electrons. The molecule has 1 N–H and O–H groups in total. The van der Waals surface area contributed by atoms with Crippen LogP contribution in [0.25, 0.3) is 0 Å². The van der Waals surface area contributed by atoms with Crippen molar-refractivity contribution in [2.75, 3.05) is 18.5 Å². The third-order valence-corrected chi connectivity index (χ3v) is 4.76. The summed E-state index contributed by atoms with van der Waals surface area (Å²) in [7, 11) is 0. The van der Waals surface area contributed by atoms with E-state index in [9.17, 15) is 9.59 Å². The molecule has 23 heavy (non-hydrogen) atoms. The largest absolute Gasteiger partial charge is 0.481 e. The van der Waals surface area contributed by atoms with Gasteiger partial charge in [0.05, 0.1) is 21.1 Å². The number of carbonyl (C=O) groups is 2. The minimum atomic E-state index is -0.460. The van der Waals surface area contributed by atoms with Crippen LogP contribution < -0.4 is 10.1 Å². The van der Waals surface area contributed by atoms with E-state index in [0.29, 0.717) is 16.3 Å². The predicted molar refractivity (Wildman–Crippen MR) is 96.2 cm³/mol. The smallest absolute Gasteiger partial charge is 0.341 e. The van der Waals surface area contributed by atoms with E-state index in [2.05, 4.69) is 37.2 Å². The molecule has 0 spiro atoms. The number of ether oxygens (including phenoxy) is 2. The number of rotatable bonds is 6. The van der Waals surface area contributed by atoms with Gasteiger partial charge in [-0.05, 0) is 62.4 Å². The first-order valence-electron chi connectivity index (χ1n) is 6.64. The second kappa shape index (κ2) is 8.47. The molecule has 2 aromatic rings. The van der Waals surface area contributed by atoms with Crippen LogP contribution in [0.15, 0.2) is 38.6 Å². The zero-order chi connectivity index (χ0) is 16.8. The number of anilines is 1. The summed E-state index contributed by atoms with van der Waals surface area (Å²) in [6.07, 6.45) is 0. The van der Waals surface area contributed by atoms with Crippen molar-refractivity contribution in [1.29, 1.82) is 0 Å². The zero-order valence-corrected chi connectivity index (χ0v) is 16.1. The van der Waals surface area contributed by atoms with Crippen LogP contribution in [0.1, 0.15) is 17.3 Å². The second-order valence-corrected chi connectivity index (χ2v) is 6.90. The van der Waals surface area contributed by atoms with E-state index in [0.717, 1.165) is 8.95 Å². The Hall–Kier alpha value is -1.38. The molecule has 0 bridgehead atoms. The van der Waals surface area contributed by atoms with E-state index in [4.69, 9.17) is 9.47 Å². The van der Waals surface area contributed by atoms with Gasteiger partial charge in [0, 0.05) is 0 Å². The van der Waals surface area contributed by atoms with Gasteiger partial charge in [-0.2, -0.15) is 0 Å². The molecule has 0 unspecified atom stereocenters. The molecule has 1 aromatic heterocycles. The zero-order valence-electron chi connectivity index (χ0n) is 12.1. The molecule has 0 aliphatic heterocycles. The SMILES string of the molecule is CCOC(=O)c1ccsc1NC(=O)COc1c(Br)cccc1Br. The Morgan fingerprint density at radius 2 is 1.91 bits per heavy atom. The first-order chi connectivity index (χ1) is 11.0. The van der Waals surface area contributed by atoms with Gasteiger partial charge in [-0.25, -0.2) is 4.79 Å². The Morgan fingerprint density at radius 1 is 1.22 bits per heavy atom. The summed E-state index contributed by atoms with van der Waals surface area (Å²) < 4.78 is 11.9. The highest BCUT2D eigenvalue weighted by Gasteiger charge is 2.16. The summed E-state index contributed by atoms with van der Waals surface area (Å²) in [6, 6.07) is 7.09. The highest BCUT2D eigenvalue weighted by atomic mass is 79.9. The number of para-hydroxylation sites is 1. The normalized spacial score (nSPS) is 10.2. The Bertz CT molecular complexity index is 697. The molecule has 1 heterocycles. The maximum absolute atomic E-state index is 12.0. The van der Waals surface area contributed by atoms with Crippen molar-refractivity contribution in [1.82, 2.24) is 0 Å². The third-order valence-electron chi connectivity index (χ3n) is 2.68. The molecular formula is C15H13Br2NO4S. The maximum atomic E-state index is 12.0. The fraction of sp³-hybridized carbons (Fsp3) is 0.200. The molecule has 0 saturated heterocycles. The number of hydrogen-bond acceptors (Lipinski definition) is 5. The average Bonchev–Trinajstić information content (AvgIpc) is 2.95. The van der Waals surface area contributed by atoms with Crippen LogP contribution >= 0.6 is 43.2 Å². The monoisotopic (exact) mass is 461 g/mol. The average molecular weight is 463 g/mol. The van der Waals surface area contributed by atoms with Gasteiger partial charge in [0.25, 0.3) is 5.91 Å². The molecule has 122 valence electrons. The van der Waals surface area contributed by atoms with Gasteiger partial charge in [0.1, 0.15) is 10.8 Å². The summed E-state index contributed by atoms with van der Waals surface area (Å²) in [5.74, 6) is -0.279. The lowest BCUT2D eigenvalue weighted by Gasteiger charge is -2.10. The van der Waals surface area contributed by atoms with Crippen molar-refractivity contribution >= 4 is 60.1 Å². The van der Waals surface area contributed by atoms with Gasteiger partial charge >= 0.3 is 5.97 Å². The summed E-state index contributed by atoms with van der Waals surface area (Å²) in [5.41, 5.74) is 0.340. The number of hydrogen-bond donors (Lipinski definition) is 1. The van der Waals surface area contributed by atoms with Crippen LogP contribution in [0.3, 0.4) is 0 Å². The molecule has 0 fully saturated rings. The third kappa shape index (κ3) is 4.79. The van der Waals surface area contributed by atoms with Crippen LogP contribution in [0, 0.1) is 0 Å². The first-order valence-corrected chi connectivity index (χ1v) is 9.10. The van der Waals surface area contributed by atoms with Crippen LogP contribution in [-0.4, -0.2) is 25.1 Å². The van der Waals surface area contributed by atoms with Gasteiger partial charge in [-0.3, -0.25) is 4.79 Å². The molecule has 1 aromatic carbocycles. The van der Waals surface area contributed by atoms with Crippen LogP contribution in [-0.2, 0) is 9.53 Å². The number of halogens is 2. The van der Waals surface area contributed by atoms with E-state index in [1.54, 1.807) is 18.4 Å². The van der Waals surface area contributed by atoms with Crippen LogP contribution in [0.5, 0.6) is 5.75 Å². The maximum Gasteiger partial charge on any atom is 0.341 e. The second-order valence-electron chi connectivity index (χ2n) is 4.27. The molecule has 0 atom stereocenters. The minimum Gasteiger partial charge on any atom is -0.481 e. The van der Waals surface area contributed by atoms with Crippen molar-refractivity contribution in [3.63, 3.8) is 0 Å². The number of carbonyl (C=O) groups excluding carboxylic acids is 2. The fourth-order valence-electron chi connectivity index (χ4n) is 1.70. The summed E-state index contributed by atoms with van der Waals surface area (Å²) >= 11 is 7.97. The Kier molecular flexibility index (Phi) is 6.61. The van der Waals surface area contributed by atoms with Crippen molar-refractivity contribution in [3.8, 4) is 5.75 Å². The van der Waals surface area contributed by atoms with Crippen LogP contribution in [0.2, 0.25) is 0 Å². The number of amides is 1. The predicted octanol–water partition coefficient (Wildman–Crippen LogP) is 4.47. The highest BCUT2D eigenvalue weighted by molar-refractivity contribution is 9.11.